The summed E-state index contributed by atoms with van der Waals surface area (Å²) in [7, 11) is 0. The number of aliphatic carboxylic acids is 1. The third-order valence-electron chi connectivity index (χ3n) is 4.97. The first-order valence-corrected chi connectivity index (χ1v) is 9.64. The summed E-state index contributed by atoms with van der Waals surface area (Å²) in [5, 5.41) is 20.3. The maximum absolute atomic E-state index is 13.7. The smallest absolute Gasteiger partial charge is 0.307 e. The van der Waals surface area contributed by atoms with Crippen LogP contribution >= 0.6 is 0 Å². The molecule has 0 spiro atoms. The lowest BCUT2D eigenvalue weighted by molar-refractivity contribution is -0.136. The average molecular weight is 417 g/mol. The van der Waals surface area contributed by atoms with Crippen LogP contribution in [0.25, 0.3) is 10.9 Å². The number of carboxylic acid groups (broad SMARTS) is 1. The summed E-state index contributed by atoms with van der Waals surface area (Å²) in [4.78, 5) is 18.5. The molecule has 0 bridgehead atoms. The summed E-state index contributed by atoms with van der Waals surface area (Å²) in [6, 6.07) is 18.5. The molecule has 0 aliphatic carbocycles. The quantitative estimate of drug-likeness (QED) is 0.351. The number of aromatic nitrogens is 1. The molecule has 5 N–H and O–H groups in total. The molecule has 0 saturated carbocycles. The molecular weight excluding hydrogens is 397 g/mol. The maximum atomic E-state index is 13.7. The highest BCUT2D eigenvalue weighted by Crippen LogP contribution is 2.32. The minimum absolute atomic E-state index is 0.0923. The van der Waals surface area contributed by atoms with Gasteiger partial charge in [0.1, 0.15) is 5.82 Å². The first-order valence-electron chi connectivity index (χ1n) is 9.64. The van der Waals surface area contributed by atoms with Crippen LogP contribution in [0.4, 0.5) is 10.1 Å². The van der Waals surface area contributed by atoms with E-state index in [9.17, 15) is 14.3 Å². The average Bonchev–Trinajstić information content (AvgIpc) is 3.07. The van der Waals surface area contributed by atoms with Crippen molar-refractivity contribution in [2.75, 3.05) is 0 Å². The van der Waals surface area contributed by atoms with Crippen molar-refractivity contribution < 1.29 is 19.4 Å². The zero-order valence-electron chi connectivity index (χ0n) is 16.5. The number of H-pyrrole nitrogens is 1. The van der Waals surface area contributed by atoms with E-state index in [2.05, 4.69) is 4.98 Å². The fraction of sp³-hybridized carbons (Fsp3) is 0.0833. The Morgan fingerprint density at radius 1 is 1.00 bits per heavy atom. The lowest BCUT2D eigenvalue weighted by Gasteiger charge is -2.09. The first-order chi connectivity index (χ1) is 14.9. The van der Waals surface area contributed by atoms with Gasteiger partial charge in [0.15, 0.2) is 5.88 Å². The fourth-order valence-electron chi connectivity index (χ4n) is 3.45. The van der Waals surface area contributed by atoms with Gasteiger partial charge >= 0.3 is 5.97 Å². The predicted octanol–water partition coefficient (Wildman–Crippen LogP) is 4.27. The standard InChI is InChI=1S/C24H20FN3O3/c25-17-7-10-19-20(12-17)28-24(31)22(19)23(27-18-8-3-15(13-26)4-9-18)16-5-1-14(2-6-16)11-21(29)30/h1-10,12,28,31H,11,13,26H2,(H,29,30). The Morgan fingerprint density at radius 2 is 1.68 bits per heavy atom. The van der Waals surface area contributed by atoms with Crippen molar-refractivity contribution in [3.8, 4) is 5.88 Å². The Hall–Kier alpha value is -3.97. The zero-order valence-corrected chi connectivity index (χ0v) is 16.5. The normalized spacial score (nSPS) is 11.7. The van der Waals surface area contributed by atoms with Crippen molar-refractivity contribution in [1.29, 1.82) is 0 Å². The predicted molar refractivity (Wildman–Crippen MR) is 117 cm³/mol. The van der Waals surface area contributed by atoms with Gasteiger partial charge in [-0.3, -0.25) is 4.79 Å². The highest BCUT2D eigenvalue weighted by Gasteiger charge is 2.19. The number of nitrogens with one attached hydrogen (secondary N) is 1. The third-order valence-corrected chi connectivity index (χ3v) is 4.97. The minimum Gasteiger partial charge on any atom is -0.494 e. The number of hydrogen-bond donors (Lipinski definition) is 4. The monoisotopic (exact) mass is 417 g/mol. The van der Waals surface area contributed by atoms with E-state index in [1.165, 1.54) is 12.1 Å². The van der Waals surface area contributed by atoms with Gasteiger partial charge in [0.2, 0.25) is 0 Å². The first kappa shape index (κ1) is 20.3. The second-order valence-electron chi connectivity index (χ2n) is 7.14. The molecule has 0 radical (unpaired) electrons. The molecule has 0 amide bonds. The van der Waals surface area contributed by atoms with Crippen molar-refractivity contribution >= 4 is 28.3 Å². The molecule has 1 aromatic heterocycles. The Bertz CT molecular complexity index is 1280. The van der Waals surface area contributed by atoms with E-state index in [4.69, 9.17) is 15.8 Å². The molecule has 6 nitrogen and oxygen atoms in total. The molecule has 0 aliphatic rings. The SMILES string of the molecule is NCc1ccc(N=C(c2ccc(CC(=O)O)cc2)c2c(O)[nH]c3cc(F)ccc23)cc1. The van der Waals surface area contributed by atoms with E-state index >= 15 is 0 Å². The molecule has 31 heavy (non-hydrogen) atoms. The van der Waals surface area contributed by atoms with Gasteiger partial charge in [-0.15, -0.1) is 0 Å². The van der Waals surface area contributed by atoms with Gasteiger partial charge in [-0.1, -0.05) is 36.4 Å². The fourth-order valence-corrected chi connectivity index (χ4v) is 3.45. The van der Waals surface area contributed by atoms with Crippen molar-refractivity contribution in [1.82, 2.24) is 4.98 Å². The number of aromatic hydroxyl groups is 1. The number of benzene rings is 3. The molecule has 0 aliphatic heterocycles. The number of aliphatic imine (C=N–C) groups is 1. The van der Waals surface area contributed by atoms with Gasteiger partial charge in [0.05, 0.1) is 28.9 Å². The molecule has 3 aromatic carbocycles. The molecular formula is C24H20FN3O3. The van der Waals surface area contributed by atoms with Gasteiger partial charge in [-0.2, -0.15) is 0 Å². The summed E-state index contributed by atoms with van der Waals surface area (Å²) >= 11 is 0. The van der Waals surface area contributed by atoms with Gasteiger partial charge in [-0.25, -0.2) is 9.38 Å². The van der Waals surface area contributed by atoms with E-state index in [1.807, 2.05) is 24.3 Å². The van der Waals surface area contributed by atoms with Crippen LogP contribution in [0.2, 0.25) is 0 Å². The van der Waals surface area contributed by atoms with Crippen LogP contribution in [-0.4, -0.2) is 26.9 Å². The molecule has 156 valence electrons. The number of nitrogens with zero attached hydrogens (tertiary/aromatic N) is 1. The van der Waals surface area contributed by atoms with E-state index in [-0.39, 0.29) is 12.3 Å². The highest BCUT2D eigenvalue weighted by molar-refractivity contribution is 6.21. The number of halogens is 1. The lowest BCUT2D eigenvalue weighted by Crippen LogP contribution is -2.05. The van der Waals surface area contributed by atoms with Crippen LogP contribution in [0, 0.1) is 5.82 Å². The van der Waals surface area contributed by atoms with Gasteiger partial charge in [0, 0.05) is 17.5 Å². The minimum atomic E-state index is -0.919. The van der Waals surface area contributed by atoms with Crippen LogP contribution in [0.15, 0.2) is 71.7 Å². The number of fused-ring (bicyclic) bond motifs is 1. The van der Waals surface area contributed by atoms with Gasteiger partial charge in [0.25, 0.3) is 0 Å². The third kappa shape index (κ3) is 4.31. The number of hydrogen-bond acceptors (Lipinski definition) is 4. The van der Waals surface area contributed by atoms with E-state index < -0.39 is 11.8 Å². The summed E-state index contributed by atoms with van der Waals surface area (Å²) in [5.74, 6) is -1.47. The van der Waals surface area contributed by atoms with Crippen LogP contribution in [0.5, 0.6) is 5.88 Å². The lowest BCUT2D eigenvalue weighted by atomic mass is 9.99. The summed E-state index contributed by atoms with van der Waals surface area (Å²) < 4.78 is 13.7. The topological polar surface area (TPSA) is 112 Å². The largest absolute Gasteiger partial charge is 0.494 e. The summed E-state index contributed by atoms with van der Waals surface area (Å²) in [6.07, 6.45) is -0.0923. The summed E-state index contributed by atoms with van der Waals surface area (Å²) in [5.41, 5.74) is 9.95. The molecule has 4 rings (SSSR count). The zero-order chi connectivity index (χ0) is 22.0. The molecule has 4 aromatic rings. The second kappa shape index (κ2) is 8.41. The Balaban J connectivity index is 1.88. The van der Waals surface area contributed by atoms with Crippen LogP contribution < -0.4 is 5.73 Å². The molecule has 0 saturated heterocycles. The van der Waals surface area contributed by atoms with Crippen LogP contribution in [-0.2, 0) is 17.8 Å². The highest BCUT2D eigenvalue weighted by atomic mass is 19.1. The second-order valence-corrected chi connectivity index (χ2v) is 7.14. The van der Waals surface area contributed by atoms with Gasteiger partial charge in [-0.05, 0) is 41.5 Å². The number of aromatic amines is 1. The number of rotatable bonds is 6. The Kier molecular flexibility index (Phi) is 5.51. The Labute approximate surface area is 177 Å². The Morgan fingerprint density at radius 3 is 2.32 bits per heavy atom. The van der Waals surface area contributed by atoms with Gasteiger partial charge < -0.3 is 20.9 Å². The number of carboxylic acids is 1. The maximum Gasteiger partial charge on any atom is 0.307 e. The van der Waals surface area contributed by atoms with Crippen molar-refractivity contribution in [3.05, 3.63) is 94.8 Å². The van der Waals surface area contributed by atoms with E-state index in [1.54, 1.807) is 30.3 Å². The molecule has 0 unspecified atom stereocenters. The number of nitrogens with two attached hydrogens (primary N) is 1. The molecule has 0 fully saturated rings. The van der Waals surface area contributed by atoms with E-state index in [0.717, 1.165) is 5.56 Å². The number of carbonyl (C=O) groups is 1. The van der Waals surface area contributed by atoms with Crippen molar-refractivity contribution in [2.45, 2.75) is 13.0 Å². The van der Waals surface area contributed by atoms with E-state index in [0.29, 0.717) is 45.5 Å². The molecule has 7 heteroatoms. The summed E-state index contributed by atoms with van der Waals surface area (Å²) in [6.45, 7) is 0.413. The molecule has 0 atom stereocenters. The van der Waals surface area contributed by atoms with Crippen molar-refractivity contribution in [2.24, 2.45) is 10.7 Å². The van der Waals surface area contributed by atoms with Crippen LogP contribution in [0.1, 0.15) is 22.3 Å². The van der Waals surface area contributed by atoms with Crippen molar-refractivity contribution in [3.63, 3.8) is 0 Å². The van der Waals surface area contributed by atoms with Crippen LogP contribution in [0.3, 0.4) is 0 Å². The molecule has 1 heterocycles.